The van der Waals surface area contributed by atoms with Crippen molar-refractivity contribution in [3.8, 4) is 0 Å². The Morgan fingerprint density at radius 3 is 2.79 bits per heavy atom. The molecule has 0 atom stereocenters. The second-order valence-corrected chi connectivity index (χ2v) is 5.28. The molecule has 4 nitrogen and oxygen atoms in total. The SMILES string of the molecule is O=C(c1cnccc1Cl)N(CCO)C1CCCCC1. The third-order valence-corrected chi connectivity index (χ3v) is 3.95. The topological polar surface area (TPSA) is 53.4 Å². The Morgan fingerprint density at radius 2 is 2.16 bits per heavy atom. The molecular weight excluding hydrogens is 264 g/mol. The van der Waals surface area contributed by atoms with Crippen molar-refractivity contribution in [3.63, 3.8) is 0 Å². The van der Waals surface area contributed by atoms with Crippen molar-refractivity contribution < 1.29 is 9.90 Å². The standard InChI is InChI=1S/C14H19ClN2O2/c15-13-6-7-16-10-12(13)14(19)17(8-9-18)11-4-2-1-3-5-11/h6-7,10-11,18H,1-5,8-9H2. The van der Waals surface area contributed by atoms with Crippen molar-refractivity contribution in [2.24, 2.45) is 0 Å². The number of carbonyl (C=O) groups is 1. The van der Waals surface area contributed by atoms with Gasteiger partial charge < -0.3 is 10.0 Å². The molecule has 1 heterocycles. The van der Waals surface area contributed by atoms with Crippen molar-refractivity contribution in [2.75, 3.05) is 13.2 Å². The predicted octanol–water partition coefficient (Wildman–Crippen LogP) is 2.50. The van der Waals surface area contributed by atoms with Crippen LogP contribution in [0.15, 0.2) is 18.5 Å². The fourth-order valence-corrected chi connectivity index (χ4v) is 2.83. The van der Waals surface area contributed by atoms with E-state index in [1.54, 1.807) is 17.2 Å². The van der Waals surface area contributed by atoms with Crippen LogP contribution in [-0.2, 0) is 0 Å². The fraction of sp³-hybridized carbons (Fsp3) is 0.571. The third-order valence-electron chi connectivity index (χ3n) is 3.62. The molecule has 1 amide bonds. The quantitative estimate of drug-likeness (QED) is 0.923. The highest BCUT2D eigenvalue weighted by molar-refractivity contribution is 6.33. The van der Waals surface area contributed by atoms with Gasteiger partial charge >= 0.3 is 0 Å². The van der Waals surface area contributed by atoms with Crippen LogP contribution in [-0.4, -0.2) is 40.1 Å². The first-order chi connectivity index (χ1) is 9.24. The van der Waals surface area contributed by atoms with Gasteiger partial charge in [0.05, 0.1) is 17.2 Å². The lowest BCUT2D eigenvalue weighted by molar-refractivity contribution is 0.0585. The number of hydrogen-bond acceptors (Lipinski definition) is 3. The van der Waals surface area contributed by atoms with Gasteiger partial charge in [-0.05, 0) is 18.9 Å². The summed E-state index contributed by atoms with van der Waals surface area (Å²) in [7, 11) is 0. The van der Waals surface area contributed by atoms with E-state index in [9.17, 15) is 9.90 Å². The van der Waals surface area contributed by atoms with Gasteiger partial charge in [-0.25, -0.2) is 0 Å². The summed E-state index contributed by atoms with van der Waals surface area (Å²) in [5.74, 6) is -0.126. The highest BCUT2D eigenvalue weighted by Gasteiger charge is 2.27. The molecule has 5 heteroatoms. The molecule has 1 fully saturated rings. The summed E-state index contributed by atoms with van der Waals surface area (Å²) >= 11 is 6.05. The first kappa shape index (κ1) is 14.3. The van der Waals surface area contributed by atoms with Crippen LogP contribution in [0.2, 0.25) is 5.02 Å². The number of halogens is 1. The van der Waals surface area contributed by atoms with Crippen LogP contribution in [0, 0.1) is 0 Å². The lowest BCUT2D eigenvalue weighted by Crippen LogP contribution is -2.43. The molecule has 104 valence electrons. The van der Waals surface area contributed by atoms with E-state index in [2.05, 4.69) is 4.98 Å². The molecule has 1 aliphatic rings. The van der Waals surface area contributed by atoms with Crippen LogP contribution in [0.25, 0.3) is 0 Å². The van der Waals surface area contributed by atoms with Gasteiger partial charge in [0.15, 0.2) is 0 Å². The highest BCUT2D eigenvalue weighted by Crippen LogP contribution is 2.25. The summed E-state index contributed by atoms with van der Waals surface area (Å²) in [4.78, 5) is 18.3. The molecule has 0 unspecified atom stereocenters. The summed E-state index contributed by atoms with van der Waals surface area (Å²) in [6, 6.07) is 1.83. The fourth-order valence-electron chi connectivity index (χ4n) is 2.64. The summed E-state index contributed by atoms with van der Waals surface area (Å²) < 4.78 is 0. The van der Waals surface area contributed by atoms with Gasteiger partial charge in [0.2, 0.25) is 0 Å². The predicted molar refractivity (Wildman–Crippen MR) is 74.2 cm³/mol. The molecule has 1 aromatic rings. The summed E-state index contributed by atoms with van der Waals surface area (Å²) in [6.07, 6.45) is 8.58. The van der Waals surface area contributed by atoms with Crippen molar-refractivity contribution in [3.05, 3.63) is 29.0 Å². The van der Waals surface area contributed by atoms with Gasteiger partial charge in [-0.1, -0.05) is 30.9 Å². The van der Waals surface area contributed by atoms with Gasteiger partial charge in [-0.2, -0.15) is 0 Å². The van der Waals surface area contributed by atoms with Crippen LogP contribution >= 0.6 is 11.6 Å². The minimum Gasteiger partial charge on any atom is -0.395 e. The number of aromatic nitrogens is 1. The molecule has 0 aliphatic heterocycles. The molecule has 0 radical (unpaired) electrons. The number of hydrogen-bond donors (Lipinski definition) is 1. The average Bonchev–Trinajstić information content (AvgIpc) is 2.45. The van der Waals surface area contributed by atoms with E-state index in [1.807, 2.05) is 0 Å². The zero-order valence-corrected chi connectivity index (χ0v) is 11.6. The zero-order valence-electron chi connectivity index (χ0n) is 10.9. The van der Waals surface area contributed by atoms with Gasteiger partial charge in [-0.3, -0.25) is 9.78 Å². The summed E-state index contributed by atoms with van der Waals surface area (Å²) in [5, 5.41) is 9.61. The van der Waals surface area contributed by atoms with Gasteiger partial charge in [0, 0.05) is 25.0 Å². The molecule has 1 saturated carbocycles. The van der Waals surface area contributed by atoms with Gasteiger partial charge in [0.1, 0.15) is 0 Å². The number of nitrogens with zero attached hydrogens (tertiary/aromatic N) is 2. The number of aliphatic hydroxyl groups excluding tert-OH is 1. The van der Waals surface area contributed by atoms with Gasteiger partial charge in [0.25, 0.3) is 5.91 Å². The van der Waals surface area contributed by atoms with E-state index in [-0.39, 0.29) is 18.6 Å². The molecule has 1 N–H and O–H groups in total. The number of aliphatic hydroxyl groups is 1. The average molecular weight is 283 g/mol. The van der Waals surface area contributed by atoms with Crippen LogP contribution < -0.4 is 0 Å². The van der Waals surface area contributed by atoms with E-state index in [0.29, 0.717) is 17.1 Å². The minimum atomic E-state index is -0.126. The van der Waals surface area contributed by atoms with Crippen LogP contribution in [0.1, 0.15) is 42.5 Å². The molecule has 1 aliphatic carbocycles. The third kappa shape index (κ3) is 3.45. The molecule has 2 rings (SSSR count). The monoisotopic (exact) mass is 282 g/mol. The minimum absolute atomic E-state index is 0.0277. The number of pyridine rings is 1. The smallest absolute Gasteiger partial charge is 0.257 e. The Bertz CT molecular complexity index is 433. The molecule has 0 aromatic carbocycles. The Kier molecular flexibility index (Phi) is 5.16. The van der Waals surface area contributed by atoms with E-state index in [4.69, 9.17) is 11.6 Å². The molecule has 0 saturated heterocycles. The van der Waals surface area contributed by atoms with Crippen LogP contribution in [0.3, 0.4) is 0 Å². The molecule has 0 spiro atoms. The summed E-state index contributed by atoms with van der Waals surface area (Å²) in [5.41, 5.74) is 0.420. The lowest BCUT2D eigenvalue weighted by Gasteiger charge is -2.34. The highest BCUT2D eigenvalue weighted by atomic mass is 35.5. The Morgan fingerprint density at radius 1 is 1.42 bits per heavy atom. The summed E-state index contributed by atoms with van der Waals surface area (Å²) in [6.45, 7) is 0.328. The van der Waals surface area contributed by atoms with Crippen LogP contribution in [0.4, 0.5) is 0 Å². The Labute approximate surface area is 118 Å². The van der Waals surface area contributed by atoms with Gasteiger partial charge in [-0.15, -0.1) is 0 Å². The zero-order chi connectivity index (χ0) is 13.7. The number of carbonyl (C=O) groups excluding carboxylic acids is 1. The van der Waals surface area contributed by atoms with E-state index in [1.165, 1.54) is 12.6 Å². The van der Waals surface area contributed by atoms with E-state index >= 15 is 0 Å². The maximum absolute atomic E-state index is 12.5. The van der Waals surface area contributed by atoms with Crippen molar-refractivity contribution in [1.82, 2.24) is 9.88 Å². The Hall–Kier alpha value is -1.13. The second-order valence-electron chi connectivity index (χ2n) is 4.87. The Balaban J connectivity index is 2.18. The first-order valence-corrected chi connectivity index (χ1v) is 7.13. The number of amides is 1. The second kappa shape index (κ2) is 6.87. The molecular formula is C14H19ClN2O2. The van der Waals surface area contributed by atoms with E-state index < -0.39 is 0 Å². The van der Waals surface area contributed by atoms with Crippen molar-refractivity contribution in [1.29, 1.82) is 0 Å². The largest absolute Gasteiger partial charge is 0.395 e. The van der Waals surface area contributed by atoms with Crippen molar-refractivity contribution >= 4 is 17.5 Å². The maximum atomic E-state index is 12.5. The molecule has 1 aromatic heterocycles. The lowest BCUT2D eigenvalue weighted by atomic mass is 9.93. The first-order valence-electron chi connectivity index (χ1n) is 6.75. The van der Waals surface area contributed by atoms with Crippen LogP contribution in [0.5, 0.6) is 0 Å². The molecule has 0 bridgehead atoms. The van der Waals surface area contributed by atoms with E-state index in [0.717, 1.165) is 25.7 Å². The normalized spacial score (nSPS) is 16.3. The number of rotatable bonds is 4. The molecule has 19 heavy (non-hydrogen) atoms. The van der Waals surface area contributed by atoms with Crippen molar-refractivity contribution in [2.45, 2.75) is 38.1 Å². The maximum Gasteiger partial charge on any atom is 0.257 e.